The van der Waals surface area contributed by atoms with Gasteiger partial charge in [0.25, 0.3) is 0 Å². The maximum atomic E-state index is 9.20. The first-order valence-electron chi connectivity index (χ1n) is 4.17. The fourth-order valence-electron chi connectivity index (χ4n) is 1.40. The summed E-state index contributed by atoms with van der Waals surface area (Å²) in [7, 11) is 0. The lowest BCUT2D eigenvalue weighted by molar-refractivity contribution is 0.152. The smallest absolute Gasteiger partial charge is 0.114 e. The van der Waals surface area contributed by atoms with Crippen molar-refractivity contribution in [3.8, 4) is 0 Å². The molecule has 2 unspecified atom stereocenters. The molecule has 1 saturated heterocycles. The number of rotatable bonds is 2. The van der Waals surface area contributed by atoms with Gasteiger partial charge in [-0.3, -0.25) is 0 Å². The van der Waals surface area contributed by atoms with Crippen LogP contribution in [0.4, 0.5) is 0 Å². The summed E-state index contributed by atoms with van der Waals surface area (Å²) in [5.74, 6) is 0. The molecule has 1 fully saturated rings. The van der Waals surface area contributed by atoms with Crippen LogP contribution in [0.25, 0.3) is 0 Å². The van der Waals surface area contributed by atoms with Gasteiger partial charge in [0.15, 0.2) is 0 Å². The third-order valence-electron chi connectivity index (χ3n) is 2.13. The number of hydrogen-bond acceptors (Lipinski definition) is 2. The van der Waals surface area contributed by atoms with Crippen LogP contribution in [0.5, 0.6) is 0 Å². The average Bonchev–Trinajstić information content (AvgIpc) is 2.84. The van der Waals surface area contributed by atoms with Gasteiger partial charge >= 0.3 is 0 Å². The molecule has 0 saturated carbocycles. The molecule has 64 valence electrons. The molecule has 12 heavy (non-hydrogen) atoms. The molecule has 2 nitrogen and oxygen atoms in total. The molecule has 1 heterocycles. The number of hydrogen-bond donors (Lipinski definition) is 1. The highest BCUT2D eigenvalue weighted by Crippen LogP contribution is 2.40. The van der Waals surface area contributed by atoms with Crippen LogP contribution in [0.3, 0.4) is 0 Å². The van der Waals surface area contributed by atoms with Gasteiger partial charge in [0.05, 0.1) is 6.10 Å². The zero-order valence-electron chi connectivity index (χ0n) is 6.97. The molecule has 1 N–H and O–H groups in total. The fraction of sp³-hybridized carbons (Fsp3) is 0.400. The van der Waals surface area contributed by atoms with Crippen molar-refractivity contribution in [2.75, 3.05) is 0 Å². The van der Waals surface area contributed by atoms with Crippen molar-refractivity contribution in [1.82, 2.24) is 0 Å². The number of epoxide rings is 1. The summed E-state index contributed by atoms with van der Waals surface area (Å²) in [6.07, 6.45) is -0.242. The van der Waals surface area contributed by atoms with Crippen LogP contribution >= 0.6 is 0 Å². The largest absolute Gasteiger partial charge is 0.391 e. The first-order chi connectivity index (χ1) is 5.79. The van der Waals surface area contributed by atoms with E-state index in [0.29, 0.717) is 0 Å². The van der Waals surface area contributed by atoms with Crippen LogP contribution < -0.4 is 0 Å². The lowest BCUT2D eigenvalue weighted by Gasteiger charge is -1.97. The minimum absolute atomic E-state index is 0.00685. The summed E-state index contributed by atoms with van der Waals surface area (Å²) >= 11 is 0. The summed E-state index contributed by atoms with van der Waals surface area (Å²) in [5.41, 5.74) is 1.16. The molecule has 0 bridgehead atoms. The Morgan fingerprint density at radius 2 is 2.00 bits per heavy atom. The fourth-order valence-corrected chi connectivity index (χ4v) is 1.40. The van der Waals surface area contributed by atoms with Crippen LogP contribution in [0.15, 0.2) is 30.3 Å². The monoisotopic (exact) mass is 164 g/mol. The van der Waals surface area contributed by atoms with Crippen molar-refractivity contribution >= 4 is 0 Å². The zero-order chi connectivity index (χ0) is 8.55. The second kappa shape index (κ2) is 2.88. The Kier molecular flexibility index (Phi) is 1.87. The lowest BCUT2D eigenvalue weighted by Crippen LogP contribution is -2.09. The van der Waals surface area contributed by atoms with Gasteiger partial charge in [-0.2, -0.15) is 0 Å². The summed E-state index contributed by atoms with van der Waals surface area (Å²) < 4.78 is 5.31. The second-order valence-electron chi connectivity index (χ2n) is 3.17. The molecule has 1 aromatic carbocycles. The molecule has 0 radical (unpaired) electrons. The number of aliphatic hydroxyl groups excluding tert-OH is 1. The van der Waals surface area contributed by atoms with E-state index in [1.807, 2.05) is 30.3 Å². The predicted molar refractivity (Wildman–Crippen MR) is 45.7 cm³/mol. The van der Waals surface area contributed by atoms with E-state index >= 15 is 0 Å². The normalized spacial score (nSPS) is 29.8. The molecular formula is C10H12O2. The molecular weight excluding hydrogens is 152 g/mol. The highest BCUT2D eigenvalue weighted by Gasteiger charge is 2.43. The van der Waals surface area contributed by atoms with E-state index in [0.717, 1.165) is 5.56 Å². The number of aliphatic hydroxyl groups is 1. The molecule has 2 heteroatoms. The summed E-state index contributed by atoms with van der Waals surface area (Å²) in [6, 6.07) is 9.98. The SMILES string of the molecule is C[C@@H](O)C1OC1c1ccccc1. The Hall–Kier alpha value is -0.860. The van der Waals surface area contributed by atoms with Crippen molar-refractivity contribution in [2.24, 2.45) is 0 Å². The number of ether oxygens (including phenoxy) is 1. The van der Waals surface area contributed by atoms with Crippen LogP contribution in [0.2, 0.25) is 0 Å². The molecule has 0 aliphatic carbocycles. The van der Waals surface area contributed by atoms with Crippen molar-refractivity contribution in [3.05, 3.63) is 35.9 Å². The van der Waals surface area contributed by atoms with Gasteiger partial charge in [0.2, 0.25) is 0 Å². The van der Waals surface area contributed by atoms with E-state index in [4.69, 9.17) is 4.74 Å². The Labute approximate surface area is 71.8 Å². The maximum Gasteiger partial charge on any atom is 0.114 e. The molecule has 0 amide bonds. The van der Waals surface area contributed by atoms with E-state index in [-0.39, 0.29) is 18.3 Å². The third kappa shape index (κ3) is 1.36. The molecule has 3 atom stereocenters. The Balaban J connectivity index is 2.06. The highest BCUT2D eigenvalue weighted by molar-refractivity contribution is 5.22. The van der Waals surface area contributed by atoms with Gasteiger partial charge in [0, 0.05) is 0 Å². The molecule has 0 aromatic heterocycles. The van der Waals surface area contributed by atoms with E-state index in [1.54, 1.807) is 6.92 Å². The maximum absolute atomic E-state index is 9.20. The van der Waals surface area contributed by atoms with E-state index in [1.165, 1.54) is 0 Å². The summed E-state index contributed by atoms with van der Waals surface area (Å²) in [4.78, 5) is 0. The van der Waals surface area contributed by atoms with Gasteiger partial charge in [0.1, 0.15) is 12.2 Å². The molecule has 1 aromatic rings. The lowest BCUT2D eigenvalue weighted by atomic mass is 10.1. The van der Waals surface area contributed by atoms with E-state index < -0.39 is 0 Å². The molecule has 1 aliphatic rings. The molecule has 2 rings (SSSR count). The van der Waals surface area contributed by atoms with Crippen molar-refractivity contribution < 1.29 is 9.84 Å². The topological polar surface area (TPSA) is 32.8 Å². The van der Waals surface area contributed by atoms with Crippen LogP contribution in [0.1, 0.15) is 18.6 Å². The Morgan fingerprint density at radius 1 is 1.33 bits per heavy atom. The van der Waals surface area contributed by atoms with Crippen molar-refractivity contribution in [2.45, 2.75) is 25.2 Å². The Morgan fingerprint density at radius 3 is 2.50 bits per heavy atom. The first-order valence-corrected chi connectivity index (χ1v) is 4.17. The van der Waals surface area contributed by atoms with E-state index in [2.05, 4.69) is 0 Å². The molecule has 0 spiro atoms. The highest BCUT2D eigenvalue weighted by atomic mass is 16.6. The van der Waals surface area contributed by atoms with Crippen LogP contribution in [-0.2, 0) is 4.74 Å². The quantitative estimate of drug-likeness (QED) is 0.672. The third-order valence-corrected chi connectivity index (χ3v) is 2.13. The summed E-state index contributed by atoms with van der Waals surface area (Å²) in [5, 5.41) is 9.20. The van der Waals surface area contributed by atoms with Crippen LogP contribution in [-0.4, -0.2) is 17.3 Å². The Bertz CT molecular complexity index is 256. The van der Waals surface area contributed by atoms with Gasteiger partial charge < -0.3 is 9.84 Å². The van der Waals surface area contributed by atoms with Crippen LogP contribution in [0, 0.1) is 0 Å². The van der Waals surface area contributed by atoms with Gasteiger partial charge in [-0.15, -0.1) is 0 Å². The minimum Gasteiger partial charge on any atom is -0.391 e. The predicted octanol–water partition coefficient (Wildman–Crippen LogP) is 1.51. The van der Waals surface area contributed by atoms with Gasteiger partial charge in [-0.25, -0.2) is 0 Å². The van der Waals surface area contributed by atoms with Gasteiger partial charge in [-0.1, -0.05) is 30.3 Å². The van der Waals surface area contributed by atoms with Crippen molar-refractivity contribution in [1.29, 1.82) is 0 Å². The van der Waals surface area contributed by atoms with Gasteiger partial charge in [-0.05, 0) is 12.5 Å². The number of benzene rings is 1. The first kappa shape index (κ1) is 7.77. The van der Waals surface area contributed by atoms with E-state index in [9.17, 15) is 5.11 Å². The van der Waals surface area contributed by atoms with Crippen molar-refractivity contribution in [3.63, 3.8) is 0 Å². The second-order valence-corrected chi connectivity index (χ2v) is 3.17. The zero-order valence-corrected chi connectivity index (χ0v) is 6.97. The minimum atomic E-state index is -0.366. The molecule has 1 aliphatic heterocycles. The average molecular weight is 164 g/mol. The standard InChI is InChI=1S/C10H12O2/c1-7(11)9-10(12-9)8-5-3-2-4-6-8/h2-7,9-11H,1H3/t7-,9?,10?/m1/s1. The summed E-state index contributed by atoms with van der Waals surface area (Å²) in [6.45, 7) is 1.76.